The summed E-state index contributed by atoms with van der Waals surface area (Å²) in [4.78, 5) is 85.9. The lowest BCUT2D eigenvalue weighted by atomic mass is 10.1. The monoisotopic (exact) mass is 696 g/mol. The molecule has 2 aromatic rings. The lowest BCUT2D eigenvalue weighted by molar-refractivity contribution is -0.148. The second-order valence-electron chi connectivity index (χ2n) is 12.1. The van der Waals surface area contributed by atoms with Crippen LogP contribution < -0.4 is 21.3 Å². The highest BCUT2D eigenvalue weighted by Crippen LogP contribution is 2.18. The maximum Gasteiger partial charge on any atom is 0.323 e. The minimum atomic E-state index is -1.37. The van der Waals surface area contributed by atoms with Crippen molar-refractivity contribution in [1.29, 1.82) is 0 Å². The van der Waals surface area contributed by atoms with Gasteiger partial charge in [0.2, 0.25) is 23.6 Å². The number of aryl methyl sites for hydroxylation is 2. The van der Waals surface area contributed by atoms with E-state index in [0.29, 0.717) is 30.0 Å². The number of amides is 6. The minimum Gasteiger partial charge on any atom is -0.481 e. The molecule has 5 N–H and O–H groups in total. The Morgan fingerprint density at radius 1 is 0.880 bits per heavy atom. The zero-order chi connectivity index (χ0) is 37.8. The number of carboxylic acids is 1. The summed E-state index contributed by atoms with van der Waals surface area (Å²) in [6.07, 6.45) is 2.31. The number of carboxylic acid groups (broad SMARTS) is 1. The molecule has 14 heteroatoms. The number of aliphatic carboxylic acids is 1. The van der Waals surface area contributed by atoms with Gasteiger partial charge in [0.05, 0.1) is 25.9 Å². The van der Waals surface area contributed by atoms with Crippen molar-refractivity contribution in [3.8, 4) is 0 Å². The molecular formula is C36H52N6O8. The fourth-order valence-electron chi connectivity index (χ4n) is 5.04. The lowest BCUT2D eigenvalue weighted by Crippen LogP contribution is -2.56. The van der Waals surface area contributed by atoms with Crippen molar-refractivity contribution >= 4 is 53.8 Å². The first kappa shape index (κ1) is 42.8. The fourth-order valence-corrected chi connectivity index (χ4v) is 5.04. The Morgan fingerprint density at radius 2 is 1.48 bits per heavy atom. The molecule has 14 nitrogen and oxygen atoms in total. The van der Waals surface area contributed by atoms with Crippen LogP contribution in [0, 0.1) is 13.8 Å². The van der Waals surface area contributed by atoms with Gasteiger partial charge in [-0.3, -0.25) is 24.0 Å². The Morgan fingerprint density at radius 3 is 2.04 bits per heavy atom. The Labute approximate surface area is 294 Å². The van der Waals surface area contributed by atoms with Gasteiger partial charge in [0.15, 0.2) is 0 Å². The highest BCUT2D eigenvalue weighted by Gasteiger charge is 2.34. The van der Waals surface area contributed by atoms with Gasteiger partial charge in [-0.05, 0) is 75.4 Å². The van der Waals surface area contributed by atoms with Gasteiger partial charge in [-0.2, -0.15) is 0 Å². The van der Waals surface area contributed by atoms with Gasteiger partial charge in [0.25, 0.3) is 0 Å². The second-order valence-corrected chi connectivity index (χ2v) is 12.1. The number of rotatable bonds is 13. The quantitative estimate of drug-likeness (QED) is 0.209. The molecule has 1 heterocycles. The van der Waals surface area contributed by atoms with Gasteiger partial charge in [-0.25, -0.2) is 4.79 Å². The number of urea groups is 1. The molecule has 0 bridgehead atoms. The first-order valence-corrected chi connectivity index (χ1v) is 16.6. The molecular weight excluding hydrogens is 644 g/mol. The SMILES string of the molecule is C=O.CCC.Cc1ccc(C)c(NC(=O)Nc2ccc(CC(=O)NCC(=O)N(C(C)C)[C@@H](CC(=O)O)C(=O)NCC(=O)N3CCCC3)cc2)c1. The van der Waals surface area contributed by atoms with E-state index in [1.807, 2.05) is 38.8 Å². The standard InChI is InChI=1S/C32H42N6O7.C3H8.CH2O/c1-20(2)38(26(17-30(42)43)31(44)34-18-28(40)37-13-5-6-14-37)29(41)19-33-27(39)16-23-9-11-24(12-10-23)35-32(45)36-25-15-21(3)7-8-22(25)4;1-3-2;1-2/h7-12,15,20,26H,5-6,13-14,16-19H2,1-4H3,(H,33,39)(H,34,44)(H,42,43)(H2,35,36,45);3H2,1-2H3;1H2/t26-;;/m0../s1. The van der Waals surface area contributed by atoms with Crippen LogP contribution in [0.25, 0.3) is 0 Å². The number of anilines is 2. The summed E-state index contributed by atoms with van der Waals surface area (Å²) < 4.78 is 0. The average molecular weight is 697 g/mol. The van der Waals surface area contributed by atoms with E-state index < -0.39 is 54.8 Å². The van der Waals surface area contributed by atoms with E-state index in [-0.39, 0.29) is 18.9 Å². The fraction of sp³-hybridized carbons (Fsp3) is 0.472. The van der Waals surface area contributed by atoms with Crippen LogP contribution in [0.3, 0.4) is 0 Å². The van der Waals surface area contributed by atoms with Crippen molar-refractivity contribution in [1.82, 2.24) is 20.4 Å². The largest absolute Gasteiger partial charge is 0.481 e. The van der Waals surface area contributed by atoms with Crippen molar-refractivity contribution in [3.63, 3.8) is 0 Å². The van der Waals surface area contributed by atoms with Crippen LogP contribution >= 0.6 is 0 Å². The lowest BCUT2D eigenvalue weighted by Gasteiger charge is -2.33. The molecule has 274 valence electrons. The zero-order valence-corrected chi connectivity index (χ0v) is 30.0. The Kier molecular flexibility index (Phi) is 19.1. The number of nitrogens with one attached hydrogen (secondary N) is 4. The summed E-state index contributed by atoms with van der Waals surface area (Å²) in [5.41, 5.74) is 3.80. The van der Waals surface area contributed by atoms with Crippen LogP contribution in [0.4, 0.5) is 16.2 Å². The smallest absolute Gasteiger partial charge is 0.323 e. The van der Waals surface area contributed by atoms with Gasteiger partial charge in [-0.1, -0.05) is 44.5 Å². The van der Waals surface area contributed by atoms with Crippen molar-refractivity contribution < 1.29 is 38.7 Å². The van der Waals surface area contributed by atoms with Crippen LogP contribution in [-0.4, -0.2) is 95.6 Å². The maximum atomic E-state index is 13.2. The minimum absolute atomic E-state index is 0.0540. The zero-order valence-electron chi connectivity index (χ0n) is 30.0. The van der Waals surface area contributed by atoms with E-state index in [1.54, 1.807) is 43.0 Å². The number of hydrogen-bond donors (Lipinski definition) is 5. The number of nitrogens with zero attached hydrogens (tertiary/aromatic N) is 2. The third-order valence-corrected chi connectivity index (χ3v) is 7.38. The van der Waals surface area contributed by atoms with Gasteiger partial charge in [-0.15, -0.1) is 0 Å². The van der Waals surface area contributed by atoms with E-state index in [4.69, 9.17) is 4.79 Å². The third-order valence-electron chi connectivity index (χ3n) is 7.38. The molecule has 0 spiro atoms. The Hall–Kier alpha value is -5.27. The molecule has 0 radical (unpaired) electrons. The molecule has 2 aromatic carbocycles. The maximum absolute atomic E-state index is 13.2. The predicted octanol–water partition coefficient (Wildman–Crippen LogP) is 3.66. The van der Waals surface area contributed by atoms with Crippen molar-refractivity contribution in [2.75, 3.05) is 36.8 Å². The van der Waals surface area contributed by atoms with E-state index >= 15 is 0 Å². The molecule has 1 fully saturated rings. The van der Waals surface area contributed by atoms with Crippen molar-refractivity contribution in [3.05, 3.63) is 59.2 Å². The van der Waals surface area contributed by atoms with Crippen molar-refractivity contribution in [2.24, 2.45) is 0 Å². The molecule has 3 rings (SSSR count). The topological polar surface area (TPSA) is 194 Å². The second kappa shape index (κ2) is 22.4. The van der Waals surface area contributed by atoms with Crippen LogP contribution in [0.15, 0.2) is 42.5 Å². The molecule has 0 aromatic heterocycles. The van der Waals surface area contributed by atoms with Gasteiger partial charge in [0.1, 0.15) is 12.8 Å². The van der Waals surface area contributed by atoms with E-state index in [0.717, 1.165) is 28.9 Å². The third kappa shape index (κ3) is 14.9. The van der Waals surface area contributed by atoms with Crippen molar-refractivity contribution in [2.45, 2.75) is 85.7 Å². The number of carbonyl (C=O) groups excluding carboxylic acids is 6. The van der Waals surface area contributed by atoms with Crippen LogP contribution in [0.2, 0.25) is 0 Å². The van der Waals surface area contributed by atoms with E-state index in [1.165, 1.54) is 6.42 Å². The number of likely N-dealkylation sites (tertiary alicyclic amines) is 1. The highest BCUT2D eigenvalue weighted by molar-refractivity contribution is 6.00. The molecule has 1 saturated heterocycles. The van der Waals surface area contributed by atoms with Crippen LogP contribution in [0.1, 0.15) is 70.1 Å². The molecule has 0 aliphatic carbocycles. The summed E-state index contributed by atoms with van der Waals surface area (Å²) in [7, 11) is 0. The van der Waals surface area contributed by atoms with Gasteiger partial charge in [0, 0.05) is 30.5 Å². The molecule has 1 atom stereocenters. The summed E-state index contributed by atoms with van der Waals surface area (Å²) in [5, 5.41) is 20.0. The first-order valence-electron chi connectivity index (χ1n) is 16.6. The highest BCUT2D eigenvalue weighted by atomic mass is 16.4. The van der Waals surface area contributed by atoms with Crippen LogP contribution in [-0.2, 0) is 35.2 Å². The number of hydrogen-bond acceptors (Lipinski definition) is 7. The molecule has 1 aliphatic heterocycles. The van der Waals surface area contributed by atoms with Crippen LogP contribution in [0.5, 0.6) is 0 Å². The Bertz CT molecular complexity index is 1440. The number of carbonyl (C=O) groups is 7. The first-order chi connectivity index (χ1) is 23.7. The molecule has 0 saturated carbocycles. The molecule has 6 amide bonds. The normalized spacial score (nSPS) is 12.3. The summed E-state index contributed by atoms with van der Waals surface area (Å²) in [6, 6.07) is 10.1. The predicted molar refractivity (Wildman–Crippen MR) is 192 cm³/mol. The molecule has 1 aliphatic rings. The van der Waals surface area contributed by atoms with Gasteiger partial charge >= 0.3 is 12.0 Å². The summed E-state index contributed by atoms with van der Waals surface area (Å²) in [5.74, 6) is -3.41. The number of benzene rings is 2. The van der Waals surface area contributed by atoms with E-state index in [2.05, 4.69) is 35.1 Å². The Balaban J connectivity index is 0.00000237. The summed E-state index contributed by atoms with van der Waals surface area (Å²) in [6.45, 7) is 13.8. The molecule has 0 unspecified atom stereocenters. The summed E-state index contributed by atoms with van der Waals surface area (Å²) >= 11 is 0. The van der Waals surface area contributed by atoms with Gasteiger partial charge < -0.3 is 41.0 Å². The molecule has 50 heavy (non-hydrogen) atoms. The average Bonchev–Trinajstić information content (AvgIpc) is 3.61. The van der Waals surface area contributed by atoms with E-state index in [9.17, 15) is 33.9 Å².